The molecule has 6 heteroatoms. The lowest BCUT2D eigenvalue weighted by molar-refractivity contribution is -0.384. The first kappa shape index (κ1) is 14.9. The minimum Gasteiger partial charge on any atom is -0.477 e. The molecule has 0 saturated carbocycles. The quantitative estimate of drug-likeness (QED) is 0.291. The van der Waals surface area contributed by atoms with Crippen molar-refractivity contribution >= 4 is 17.7 Å². The fourth-order valence-corrected chi connectivity index (χ4v) is 1.25. The van der Waals surface area contributed by atoms with Gasteiger partial charge in [-0.05, 0) is 23.8 Å². The minimum atomic E-state index is -1.28. The van der Waals surface area contributed by atoms with Gasteiger partial charge in [-0.2, -0.15) is 5.26 Å². The summed E-state index contributed by atoms with van der Waals surface area (Å²) in [5.74, 6) is -1.28. The van der Waals surface area contributed by atoms with Crippen LogP contribution in [0.15, 0.2) is 54.1 Å². The summed E-state index contributed by atoms with van der Waals surface area (Å²) < 4.78 is 0. The van der Waals surface area contributed by atoms with Gasteiger partial charge in [0.2, 0.25) is 0 Å². The molecule has 20 heavy (non-hydrogen) atoms. The first-order valence-corrected chi connectivity index (χ1v) is 5.47. The van der Waals surface area contributed by atoms with E-state index in [1.165, 1.54) is 24.3 Å². The van der Waals surface area contributed by atoms with Gasteiger partial charge in [-0.25, -0.2) is 4.79 Å². The van der Waals surface area contributed by atoms with Gasteiger partial charge in [-0.1, -0.05) is 24.3 Å². The van der Waals surface area contributed by atoms with E-state index in [2.05, 4.69) is 0 Å². The molecule has 0 atom stereocenters. The number of aliphatic carboxylic acids is 1. The molecule has 0 aromatic heterocycles. The average Bonchev–Trinajstić information content (AvgIpc) is 2.42. The van der Waals surface area contributed by atoms with Crippen LogP contribution in [0.4, 0.5) is 5.69 Å². The Balaban J connectivity index is 2.68. The highest BCUT2D eigenvalue weighted by molar-refractivity contribution is 5.91. The predicted octanol–water partition coefficient (Wildman–Crippen LogP) is 2.70. The Hall–Kier alpha value is -3.20. The van der Waals surface area contributed by atoms with E-state index in [0.29, 0.717) is 0 Å². The molecule has 1 N–H and O–H groups in total. The lowest BCUT2D eigenvalue weighted by Gasteiger charge is -1.92. The highest BCUT2D eigenvalue weighted by atomic mass is 16.6. The van der Waals surface area contributed by atoms with E-state index >= 15 is 0 Å². The maximum atomic E-state index is 10.5. The zero-order chi connectivity index (χ0) is 15.0. The van der Waals surface area contributed by atoms with Gasteiger partial charge in [0.05, 0.1) is 4.92 Å². The maximum Gasteiger partial charge on any atom is 0.346 e. The summed E-state index contributed by atoms with van der Waals surface area (Å²) in [6, 6.07) is 7.52. The Morgan fingerprint density at radius 2 is 1.90 bits per heavy atom. The second-order valence-corrected chi connectivity index (χ2v) is 3.59. The van der Waals surface area contributed by atoms with Gasteiger partial charge in [0.1, 0.15) is 11.6 Å². The monoisotopic (exact) mass is 270 g/mol. The number of carbonyl (C=O) groups is 1. The zero-order valence-corrected chi connectivity index (χ0v) is 10.3. The number of benzene rings is 1. The van der Waals surface area contributed by atoms with Crippen LogP contribution in [0.1, 0.15) is 5.56 Å². The van der Waals surface area contributed by atoms with Crippen molar-refractivity contribution in [1.29, 1.82) is 5.26 Å². The number of rotatable bonds is 5. The van der Waals surface area contributed by atoms with Gasteiger partial charge < -0.3 is 5.11 Å². The first-order chi connectivity index (χ1) is 9.54. The SMILES string of the molecule is N#C\C(=C/C=C/C=C/c1ccc([N+](=O)[O-])cc1)C(=O)O. The van der Waals surface area contributed by atoms with Crippen molar-refractivity contribution < 1.29 is 14.8 Å². The number of hydrogen-bond acceptors (Lipinski definition) is 4. The Bertz CT molecular complexity index is 634. The van der Waals surface area contributed by atoms with Gasteiger partial charge in [0.15, 0.2) is 0 Å². The number of nitriles is 1. The number of non-ortho nitro benzene ring substituents is 1. The van der Waals surface area contributed by atoms with E-state index < -0.39 is 10.9 Å². The van der Waals surface area contributed by atoms with Crippen molar-refractivity contribution in [3.05, 3.63) is 69.8 Å². The van der Waals surface area contributed by atoms with Crippen LogP contribution in [0.5, 0.6) is 0 Å². The number of hydrogen-bond donors (Lipinski definition) is 1. The number of carboxylic acid groups (broad SMARTS) is 1. The van der Waals surface area contributed by atoms with Crippen molar-refractivity contribution in [2.24, 2.45) is 0 Å². The van der Waals surface area contributed by atoms with Gasteiger partial charge in [0.25, 0.3) is 5.69 Å². The molecule has 1 rings (SSSR count). The first-order valence-electron chi connectivity index (χ1n) is 5.47. The average molecular weight is 270 g/mol. The molecule has 0 fully saturated rings. The third kappa shape index (κ3) is 4.58. The summed E-state index contributed by atoms with van der Waals surface area (Å²) in [6.45, 7) is 0. The molecule has 0 aliphatic heterocycles. The number of allylic oxidation sites excluding steroid dienone is 4. The van der Waals surface area contributed by atoms with Crippen LogP contribution in [-0.4, -0.2) is 16.0 Å². The third-order valence-corrected chi connectivity index (χ3v) is 2.23. The van der Waals surface area contributed by atoms with Crippen LogP contribution in [0.2, 0.25) is 0 Å². The lowest BCUT2D eigenvalue weighted by atomic mass is 10.2. The lowest BCUT2D eigenvalue weighted by Crippen LogP contribution is -1.96. The van der Waals surface area contributed by atoms with E-state index in [1.807, 2.05) is 0 Å². The zero-order valence-electron chi connectivity index (χ0n) is 10.3. The van der Waals surface area contributed by atoms with Gasteiger partial charge in [-0.15, -0.1) is 0 Å². The highest BCUT2D eigenvalue weighted by Gasteiger charge is 2.02. The summed E-state index contributed by atoms with van der Waals surface area (Å²) in [4.78, 5) is 20.5. The fraction of sp³-hybridized carbons (Fsp3) is 0. The van der Waals surface area contributed by atoms with Crippen LogP contribution in [-0.2, 0) is 4.79 Å². The summed E-state index contributed by atoms with van der Waals surface area (Å²) in [5, 5.41) is 27.5. The molecular weight excluding hydrogens is 260 g/mol. The highest BCUT2D eigenvalue weighted by Crippen LogP contribution is 2.12. The molecule has 0 bridgehead atoms. The van der Waals surface area contributed by atoms with Crippen molar-refractivity contribution in [3.63, 3.8) is 0 Å². The molecule has 0 unspecified atom stereocenters. The van der Waals surface area contributed by atoms with Crippen molar-refractivity contribution in [1.82, 2.24) is 0 Å². The molecule has 0 radical (unpaired) electrons. The molecule has 1 aromatic carbocycles. The molecule has 0 spiro atoms. The van der Waals surface area contributed by atoms with Crippen LogP contribution < -0.4 is 0 Å². The second-order valence-electron chi connectivity index (χ2n) is 3.59. The molecule has 0 aliphatic rings. The number of nitro benzene ring substituents is 1. The predicted molar refractivity (Wildman–Crippen MR) is 72.6 cm³/mol. The number of nitro groups is 1. The molecule has 1 aromatic rings. The normalized spacial score (nSPS) is 11.7. The Morgan fingerprint density at radius 3 is 2.40 bits per heavy atom. The van der Waals surface area contributed by atoms with Gasteiger partial charge in [0, 0.05) is 12.1 Å². The van der Waals surface area contributed by atoms with Gasteiger partial charge in [-0.3, -0.25) is 10.1 Å². The maximum absolute atomic E-state index is 10.5. The van der Waals surface area contributed by atoms with E-state index in [4.69, 9.17) is 10.4 Å². The van der Waals surface area contributed by atoms with Crippen molar-refractivity contribution in [2.75, 3.05) is 0 Å². The van der Waals surface area contributed by atoms with Crippen LogP contribution in [0.25, 0.3) is 6.08 Å². The van der Waals surface area contributed by atoms with Crippen LogP contribution in [0.3, 0.4) is 0 Å². The molecule has 6 nitrogen and oxygen atoms in total. The van der Waals surface area contributed by atoms with E-state index in [0.717, 1.165) is 5.56 Å². The van der Waals surface area contributed by atoms with Crippen molar-refractivity contribution in [3.8, 4) is 6.07 Å². The molecule has 100 valence electrons. The standard InChI is InChI=1S/C14H10N2O4/c15-10-12(14(17)18)5-3-1-2-4-11-6-8-13(9-7-11)16(19)20/h1-9H,(H,17,18)/b3-1+,4-2+,12-5+. The fourth-order valence-electron chi connectivity index (χ4n) is 1.25. The Kier molecular flexibility index (Phi) is 5.41. The molecule has 0 saturated heterocycles. The second kappa shape index (κ2) is 7.28. The smallest absolute Gasteiger partial charge is 0.346 e. The topological polar surface area (TPSA) is 104 Å². The summed E-state index contributed by atoms with van der Waals surface area (Å²) in [5.41, 5.74) is 0.425. The molecular formula is C14H10N2O4. The largest absolute Gasteiger partial charge is 0.477 e. The summed E-state index contributed by atoms with van der Waals surface area (Å²) >= 11 is 0. The number of carboxylic acids is 1. The summed E-state index contributed by atoms with van der Waals surface area (Å²) in [7, 11) is 0. The van der Waals surface area contributed by atoms with Crippen LogP contribution >= 0.6 is 0 Å². The number of nitrogens with zero attached hydrogens (tertiary/aromatic N) is 2. The third-order valence-electron chi connectivity index (χ3n) is 2.23. The Morgan fingerprint density at radius 1 is 1.25 bits per heavy atom. The molecule has 0 heterocycles. The van der Waals surface area contributed by atoms with E-state index in [9.17, 15) is 14.9 Å². The molecule has 0 amide bonds. The minimum absolute atomic E-state index is 0.0146. The van der Waals surface area contributed by atoms with Crippen molar-refractivity contribution in [2.45, 2.75) is 0 Å². The van der Waals surface area contributed by atoms with E-state index in [-0.39, 0.29) is 11.3 Å². The van der Waals surface area contributed by atoms with Crippen LogP contribution in [0, 0.1) is 21.4 Å². The van der Waals surface area contributed by atoms with E-state index in [1.54, 1.807) is 36.4 Å². The Labute approximate surface area is 114 Å². The summed E-state index contributed by atoms with van der Waals surface area (Å²) in [6.07, 6.45) is 7.49. The van der Waals surface area contributed by atoms with Gasteiger partial charge >= 0.3 is 5.97 Å². The molecule has 0 aliphatic carbocycles.